The van der Waals surface area contributed by atoms with Gasteiger partial charge in [0.15, 0.2) is 0 Å². The summed E-state index contributed by atoms with van der Waals surface area (Å²) < 4.78 is 6.71. The Morgan fingerprint density at radius 2 is 2.14 bits per heavy atom. The Bertz CT molecular complexity index is 479. The van der Waals surface area contributed by atoms with Gasteiger partial charge in [-0.15, -0.1) is 5.10 Å². The number of aliphatic hydroxyl groups excluding tert-OH is 1. The Morgan fingerprint density at radius 3 is 2.82 bits per heavy atom. The normalized spacial score (nSPS) is 11.8. The molecule has 1 rings (SSSR count). The van der Waals surface area contributed by atoms with Crippen molar-refractivity contribution in [3.05, 3.63) is 24.0 Å². The molecule has 0 radical (unpaired) electrons. The molecule has 8 nitrogen and oxygen atoms in total. The van der Waals surface area contributed by atoms with Gasteiger partial charge in [0.2, 0.25) is 0 Å². The maximum absolute atomic E-state index is 11.4. The molecular formula is C14H25N5O3. The van der Waals surface area contributed by atoms with Gasteiger partial charge in [0.25, 0.3) is 0 Å². The Hall–Kier alpha value is -1.93. The zero-order chi connectivity index (χ0) is 16.4. The van der Waals surface area contributed by atoms with Crippen LogP contribution in [0.1, 0.15) is 26.5 Å². The van der Waals surface area contributed by atoms with Crippen LogP contribution in [0.4, 0.5) is 4.79 Å². The van der Waals surface area contributed by atoms with E-state index in [0.29, 0.717) is 26.2 Å². The molecule has 124 valence electrons. The third-order valence-electron chi connectivity index (χ3n) is 2.41. The molecule has 3 N–H and O–H groups in total. The number of ether oxygens (including phenoxy) is 1. The van der Waals surface area contributed by atoms with E-state index in [1.54, 1.807) is 10.9 Å². The van der Waals surface area contributed by atoms with E-state index in [4.69, 9.17) is 9.84 Å². The fourth-order valence-corrected chi connectivity index (χ4v) is 1.54. The minimum absolute atomic E-state index is 0.0453. The van der Waals surface area contributed by atoms with Crippen LogP contribution < -0.4 is 10.6 Å². The van der Waals surface area contributed by atoms with E-state index in [0.717, 1.165) is 5.69 Å². The molecule has 0 bridgehead atoms. The number of hydrogen-bond donors (Lipinski definition) is 3. The van der Waals surface area contributed by atoms with Gasteiger partial charge >= 0.3 is 6.09 Å². The summed E-state index contributed by atoms with van der Waals surface area (Å²) in [5.74, 6) is 0. The Labute approximate surface area is 130 Å². The molecule has 22 heavy (non-hydrogen) atoms. The first-order valence-corrected chi connectivity index (χ1v) is 7.23. The van der Waals surface area contributed by atoms with Gasteiger partial charge in [-0.3, -0.25) is 0 Å². The number of carbonyl (C=O) groups excluding carboxylic acids is 1. The van der Waals surface area contributed by atoms with E-state index in [1.807, 2.05) is 32.9 Å². The zero-order valence-electron chi connectivity index (χ0n) is 13.4. The number of nitrogens with zero attached hydrogens (tertiary/aromatic N) is 3. The summed E-state index contributed by atoms with van der Waals surface area (Å²) >= 11 is 0. The maximum atomic E-state index is 11.4. The van der Waals surface area contributed by atoms with Gasteiger partial charge in [0.1, 0.15) is 5.60 Å². The van der Waals surface area contributed by atoms with Crippen molar-refractivity contribution in [1.29, 1.82) is 0 Å². The van der Waals surface area contributed by atoms with Crippen LogP contribution in [-0.2, 0) is 17.8 Å². The largest absolute Gasteiger partial charge is 0.444 e. The van der Waals surface area contributed by atoms with E-state index in [2.05, 4.69) is 20.9 Å². The Balaban J connectivity index is 2.10. The SMILES string of the molecule is CC(C)(C)OC(=O)NC/C=C/CNCc1cn(CCO)nn1. The molecule has 0 spiro atoms. The second-order valence-electron chi connectivity index (χ2n) is 5.68. The van der Waals surface area contributed by atoms with E-state index < -0.39 is 11.7 Å². The lowest BCUT2D eigenvalue weighted by atomic mass is 10.2. The van der Waals surface area contributed by atoms with Crippen LogP contribution in [0, 0.1) is 0 Å². The zero-order valence-corrected chi connectivity index (χ0v) is 13.4. The Morgan fingerprint density at radius 1 is 1.41 bits per heavy atom. The number of carbonyl (C=O) groups is 1. The lowest BCUT2D eigenvalue weighted by molar-refractivity contribution is 0.0534. The van der Waals surface area contributed by atoms with Crippen LogP contribution >= 0.6 is 0 Å². The average molecular weight is 311 g/mol. The molecule has 0 fully saturated rings. The highest BCUT2D eigenvalue weighted by molar-refractivity contribution is 5.67. The number of nitrogens with one attached hydrogen (secondary N) is 2. The van der Waals surface area contributed by atoms with Crippen molar-refractivity contribution in [3.8, 4) is 0 Å². The first-order chi connectivity index (χ1) is 10.4. The molecule has 0 aliphatic rings. The average Bonchev–Trinajstić information content (AvgIpc) is 2.84. The summed E-state index contributed by atoms with van der Waals surface area (Å²) in [5, 5.41) is 22.4. The van der Waals surface area contributed by atoms with Crippen molar-refractivity contribution in [1.82, 2.24) is 25.6 Å². The van der Waals surface area contributed by atoms with Gasteiger partial charge in [0.05, 0.1) is 18.8 Å². The highest BCUT2D eigenvalue weighted by Crippen LogP contribution is 2.05. The standard InChI is InChI=1S/C14H25N5O3/c1-14(2,3)22-13(21)16-7-5-4-6-15-10-12-11-19(8-9-20)18-17-12/h4-5,11,15,20H,6-10H2,1-3H3,(H,16,21)/b5-4+. The summed E-state index contributed by atoms with van der Waals surface area (Å²) in [6.45, 7) is 7.63. The van der Waals surface area contributed by atoms with Gasteiger partial charge in [-0.2, -0.15) is 0 Å². The number of hydrogen-bond acceptors (Lipinski definition) is 6. The van der Waals surface area contributed by atoms with Crippen LogP contribution in [0.2, 0.25) is 0 Å². The molecule has 8 heteroatoms. The summed E-state index contributed by atoms with van der Waals surface area (Å²) in [6, 6.07) is 0. The molecule has 0 aliphatic heterocycles. The topological polar surface area (TPSA) is 101 Å². The number of amides is 1. The molecule has 0 aromatic carbocycles. The van der Waals surface area contributed by atoms with Crippen molar-refractivity contribution >= 4 is 6.09 Å². The van der Waals surface area contributed by atoms with Gasteiger partial charge in [0, 0.05) is 25.8 Å². The molecule has 1 aromatic heterocycles. The first kappa shape index (κ1) is 18.1. The van der Waals surface area contributed by atoms with Gasteiger partial charge in [-0.05, 0) is 20.8 Å². The highest BCUT2D eigenvalue weighted by Gasteiger charge is 2.14. The quantitative estimate of drug-likeness (QED) is 0.476. The number of rotatable bonds is 8. The summed E-state index contributed by atoms with van der Waals surface area (Å²) in [4.78, 5) is 11.4. The van der Waals surface area contributed by atoms with Gasteiger partial charge < -0.3 is 20.5 Å². The molecule has 0 saturated heterocycles. The summed E-state index contributed by atoms with van der Waals surface area (Å²) in [6.07, 6.45) is 5.12. The van der Waals surface area contributed by atoms with Crippen LogP contribution in [-0.4, -0.2) is 51.5 Å². The fraction of sp³-hybridized carbons (Fsp3) is 0.643. The highest BCUT2D eigenvalue weighted by atomic mass is 16.6. The second-order valence-corrected chi connectivity index (χ2v) is 5.68. The van der Waals surface area contributed by atoms with Crippen LogP contribution in [0.15, 0.2) is 18.3 Å². The van der Waals surface area contributed by atoms with Crippen molar-refractivity contribution < 1.29 is 14.6 Å². The lowest BCUT2D eigenvalue weighted by Crippen LogP contribution is -2.32. The molecule has 1 heterocycles. The monoisotopic (exact) mass is 311 g/mol. The lowest BCUT2D eigenvalue weighted by Gasteiger charge is -2.19. The van der Waals surface area contributed by atoms with Crippen molar-refractivity contribution in [3.63, 3.8) is 0 Å². The van der Waals surface area contributed by atoms with Crippen molar-refractivity contribution in [2.24, 2.45) is 0 Å². The van der Waals surface area contributed by atoms with Crippen molar-refractivity contribution in [2.75, 3.05) is 19.7 Å². The molecule has 0 atom stereocenters. The second kappa shape index (κ2) is 9.16. The van der Waals surface area contributed by atoms with E-state index in [9.17, 15) is 4.79 Å². The van der Waals surface area contributed by atoms with Crippen LogP contribution in [0.25, 0.3) is 0 Å². The predicted octanol–water partition coefficient (Wildman–Crippen LogP) is 0.441. The third kappa shape index (κ3) is 8.38. The number of aromatic nitrogens is 3. The Kier molecular flexibility index (Phi) is 7.55. The van der Waals surface area contributed by atoms with Gasteiger partial charge in [-0.1, -0.05) is 17.4 Å². The molecule has 0 unspecified atom stereocenters. The van der Waals surface area contributed by atoms with E-state index >= 15 is 0 Å². The number of alkyl carbamates (subject to hydrolysis) is 1. The van der Waals surface area contributed by atoms with E-state index in [1.165, 1.54) is 0 Å². The minimum Gasteiger partial charge on any atom is -0.444 e. The fourth-order valence-electron chi connectivity index (χ4n) is 1.54. The summed E-state index contributed by atoms with van der Waals surface area (Å²) in [5.41, 5.74) is 0.330. The van der Waals surface area contributed by atoms with Crippen LogP contribution in [0.5, 0.6) is 0 Å². The van der Waals surface area contributed by atoms with Crippen LogP contribution in [0.3, 0.4) is 0 Å². The van der Waals surface area contributed by atoms with E-state index in [-0.39, 0.29) is 6.61 Å². The first-order valence-electron chi connectivity index (χ1n) is 7.23. The minimum atomic E-state index is -0.483. The smallest absolute Gasteiger partial charge is 0.407 e. The molecular weight excluding hydrogens is 286 g/mol. The number of aliphatic hydroxyl groups is 1. The molecule has 1 amide bonds. The molecule has 0 saturated carbocycles. The van der Waals surface area contributed by atoms with Gasteiger partial charge in [-0.25, -0.2) is 9.48 Å². The maximum Gasteiger partial charge on any atom is 0.407 e. The third-order valence-corrected chi connectivity index (χ3v) is 2.41. The molecule has 0 aliphatic carbocycles. The van der Waals surface area contributed by atoms with Crippen molar-refractivity contribution in [2.45, 2.75) is 39.5 Å². The summed E-state index contributed by atoms with van der Waals surface area (Å²) in [7, 11) is 0. The molecule has 1 aromatic rings. The predicted molar refractivity (Wildman–Crippen MR) is 82.2 cm³/mol.